The molecule has 6 nitrogen and oxygen atoms in total. The fourth-order valence-electron chi connectivity index (χ4n) is 2.16. The number of amides is 1. The maximum absolute atomic E-state index is 14.2. The zero-order chi connectivity index (χ0) is 20.9. The van der Waals surface area contributed by atoms with Crippen LogP contribution in [-0.2, 0) is 14.8 Å². The van der Waals surface area contributed by atoms with Crippen LogP contribution < -0.4 is 9.46 Å². The number of carbonyl (C=O) groups excluding carboxylic acids is 1. The van der Waals surface area contributed by atoms with Crippen molar-refractivity contribution in [2.75, 3.05) is 27.2 Å². The summed E-state index contributed by atoms with van der Waals surface area (Å²) in [5.41, 5.74) is 0.125. The third kappa shape index (κ3) is 5.66. The molecule has 0 fully saturated rings. The van der Waals surface area contributed by atoms with E-state index < -0.39 is 45.2 Å². The molecule has 1 amide bonds. The number of halogens is 2. The zero-order valence-corrected chi connectivity index (χ0v) is 16.9. The van der Waals surface area contributed by atoms with Crippen LogP contribution in [0.15, 0.2) is 47.4 Å². The Balaban J connectivity index is 2.08. The molecule has 2 aromatic rings. The topological polar surface area (TPSA) is 75.7 Å². The van der Waals surface area contributed by atoms with Crippen molar-refractivity contribution in [3.63, 3.8) is 0 Å². The van der Waals surface area contributed by atoms with Crippen molar-refractivity contribution < 1.29 is 26.7 Å². The van der Waals surface area contributed by atoms with Crippen LogP contribution in [0.25, 0.3) is 0 Å². The first-order valence-corrected chi connectivity index (χ1v) is 10.2. The van der Waals surface area contributed by atoms with Gasteiger partial charge in [0.25, 0.3) is 5.91 Å². The summed E-state index contributed by atoms with van der Waals surface area (Å²) in [4.78, 5) is 12.8. The number of likely N-dealkylation sites (N-methyl/N-ethyl adjacent to an activating group) is 1. The molecule has 28 heavy (non-hydrogen) atoms. The minimum atomic E-state index is -3.77. The van der Waals surface area contributed by atoms with Gasteiger partial charge >= 0.3 is 0 Å². The second-order valence-electron chi connectivity index (χ2n) is 6.07. The Bertz CT molecular complexity index is 915. The van der Waals surface area contributed by atoms with E-state index >= 15 is 0 Å². The highest BCUT2D eigenvalue weighted by atomic mass is 32.2. The number of hydrogen-bond donors (Lipinski definition) is 2. The monoisotopic (exact) mass is 430 g/mol. The van der Waals surface area contributed by atoms with Gasteiger partial charge in [0, 0.05) is 25.9 Å². The number of nitrogens with zero attached hydrogens (tertiary/aromatic N) is 1. The van der Waals surface area contributed by atoms with Gasteiger partial charge in [0.2, 0.25) is 10.0 Å². The van der Waals surface area contributed by atoms with Crippen molar-refractivity contribution in [1.29, 1.82) is 0 Å². The fraction of sp³-hybridized carbons (Fsp3) is 0.278. The average molecular weight is 430 g/mol. The van der Waals surface area contributed by atoms with E-state index in [4.69, 9.17) is 4.74 Å². The van der Waals surface area contributed by atoms with Crippen LogP contribution in [0.4, 0.5) is 8.78 Å². The van der Waals surface area contributed by atoms with E-state index in [1.165, 1.54) is 31.1 Å². The van der Waals surface area contributed by atoms with Crippen molar-refractivity contribution in [3.05, 3.63) is 59.7 Å². The van der Waals surface area contributed by atoms with Gasteiger partial charge in [-0.3, -0.25) is 4.79 Å². The van der Waals surface area contributed by atoms with Crippen LogP contribution in [0, 0.1) is 11.6 Å². The highest BCUT2D eigenvalue weighted by Gasteiger charge is 2.20. The standard InChI is InChI=1S/C18H20F2N2O4S2/c1-22(2)17(23)11-26-18-14(19)8-12(9-15(18)20)16(27)10-21-28(24,25)13-6-4-3-5-7-13/h3-9,16,21,27H,10-11H2,1-2H3. The zero-order valence-electron chi connectivity index (χ0n) is 15.2. The molecule has 0 aliphatic heterocycles. The molecule has 0 aromatic heterocycles. The van der Waals surface area contributed by atoms with E-state index in [-0.39, 0.29) is 17.0 Å². The molecule has 1 atom stereocenters. The fourth-order valence-corrected chi connectivity index (χ4v) is 3.59. The van der Waals surface area contributed by atoms with E-state index in [0.717, 1.165) is 12.1 Å². The molecule has 0 heterocycles. The number of sulfonamides is 1. The molecule has 10 heteroatoms. The van der Waals surface area contributed by atoms with Crippen molar-refractivity contribution in [2.45, 2.75) is 10.1 Å². The number of hydrogen-bond acceptors (Lipinski definition) is 5. The van der Waals surface area contributed by atoms with Crippen molar-refractivity contribution in [2.24, 2.45) is 0 Å². The maximum atomic E-state index is 14.2. The summed E-state index contributed by atoms with van der Waals surface area (Å²) < 4.78 is 60.1. The van der Waals surface area contributed by atoms with Gasteiger partial charge in [-0.05, 0) is 29.8 Å². The third-order valence-corrected chi connectivity index (χ3v) is 5.68. The van der Waals surface area contributed by atoms with Crippen LogP contribution in [0.1, 0.15) is 10.8 Å². The highest BCUT2D eigenvalue weighted by Crippen LogP contribution is 2.28. The summed E-state index contributed by atoms with van der Waals surface area (Å²) >= 11 is 4.22. The lowest BCUT2D eigenvalue weighted by Gasteiger charge is -2.16. The highest BCUT2D eigenvalue weighted by molar-refractivity contribution is 7.89. The molecule has 0 saturated heterocycles. The first-order valence-electron chi connectivity index (χ1n) is 8.16. The molecule has 0 saturated carbocycles. The predicted octanol–water partition coefficient (Wildman–Crippen LogP) is 2.38. The first-order chi connectivity index (χ1) is 13.1. The van der Waals surface area contributed by atoms with E-state index in [1.54, 1.807) is 18.2 Å². The van der Waals surface area contributed by atoms with Crippen molar-refractivity contribution in [1.82, 2.24) is 9.62 Å². The maximum Gasteiger partial charge on any atom is 0.259 e. The van der Waals surface area contributed by atoms with E-state index in [1.807, 2.05) is 0 Å². The van der Waals surface area contributed by atoms with Gasteiger partial charge in [0.1, 0.15) is 0 Å². The van der Waals surface area contributed by atoms with Gasteiger partial charge in [0.05, 0.1) is 4.90 Å². The van der Waals surface area contributed by atoms with Gasteiger partial charge in [-0.25, -0.2) is 21.9 Å². The van der Waals surface area contributed by atoms with Crippen LogP contribution in [0.3, 0.4) is 0 Å². The molecular weight excluding hydrogens is 410 g/mol. The molecule has 2 rings (SSSR count). The SMILES string of the molecule is CN(C)C(=O)COc1c(F)cc(C(S)CNS(=O)(=O)c2ccccc2)cc1F. The minimum Gasteiger partial charge on any atom is -0.478 e. The number of ether oxygens (including phenoxy) is 1. The largest absolute Gasteiger partial charge is 0.478 e. The molecule has 152 valence electrons. The predicted molar refractivity (Wildman–Crippen MR) is 104 cm³/mol. The summed E-state index contributed by atoms with van der Waals surface area (Å²) in [6.45, 7) is -0.695. The molecule has 0 aliphatic carbocycles. The Morgan fingerprint density at radius 3 is 2.29 bits per heavy atom. The van der Waals surface area contributed by atoms with E-state index in [0.29, 0.717) is 0 Å². The van der Waals surface area contributed by atoms with Gasteiger partial charge in [-0.2, -0.15) is 12.6 Å². The number of benzene rings is 2. The Kier molecular flexibility index (Phi) is 7.39. The first kappa shape index (κ1) is 22.1. The molecular formula is C18H20F2N2O4S2. The van der Waals surface area contributed by atoms with Crippen molar-refractivity contribution >= 4 is 28.6 Å². The lowest BCUT2D eigenvalue weighted by atomic mass is 10.1. The Hall–Kier alpha value is -2.17. The van der Waals surface area contributed by atoms with Crippen LogP contribution in [-0.4, -0.2) is 46.5 Å². The van der Waals surface area contributed by atoms with E-state index in [2.05, 4.69) is 17.4 Å². The molecule has 0 spiro atoms. The van der Waals surface area contributed by atoms with Crippen LogP contribution in [0.5, 0.6) is 5.75 Å². The Morgan fingerprint density at radius 1 is 1.18 bits per heavy atom. The number of thiol groups is 1. The Labute approximate surface area is 168 Å². The average Bonchev–Trinajstić information content (AvgIpc) is 2.65. The molecule has 2 aromatic carbocycles. The van der Waals surface area contributed by atoms with Gasteiger partial charge in [-0.1, -0.05) is 18.2 Å². The lowest BCUT2D eigenvalue weighted by Crippen LogP contribution is -2.28. The van der Waals surface area contributed by atoms with Gasteiger partial charge < -0.3 is 9.64 Å². The van der Waals surface area contributed by atoms with E-state index in [9.17, 15) is 22.0 Å². The normalized spacial score (nSPS) is 12.5. The number of rotatable bonds is 8. The van der Waals surface area contributed by atoms with Gasteiger partial charge in [-0.15, -0.1) is 0 Å². The quantitative estimate of drug-likeness (QED) is 0.631. The molecule has 1 N–H and O–H groups in total. The number of carbonyl (C=O) groups is 1. The summed E-state index contributed by atoms with van der Waals surface area (Å²) in [5, 5.41) is -0.806. The summed E-state index contributed by atoms with van der Waals surface area (Å²) in [6, 6.07) is 9.68. The molecule has 1 unspecified atom stereocenters. The molecule has 0 radical (unpaired) electrons. The summed E-state index contributed by atoms with van der Waals surface area (Å²) in [7, 11) is -0.792. The van der Waals surface area contributed by atoms with Crippen molar-refractivity contribution in [3.8, 4) is 5.75 Å². The smallest absolute Gasteiger partial charge is 0.259 e. The molecule has 0 aliphatic rings. The lowest BCUT2D eigenvalue weighted by molar-refractivity contribution is -0.130. The second-order valence-corrected chi connectivity index (χ2v) is 8.46. The van der Waals surface area contributed by atoms with Gasteiger partial charge in [0.15, 0.2) is 24.0 Å². The Morgan fingerprint density at radius 2 is 1.75 bits per heavy atom. The van der Waals surface area contributed by atoms with Crippen LogP contribution >= 0.6 is 12.6 Å². The third-order valence-electron chi connectivity index (χ3n) is 3.76. The summed E-state index contributed by atoms with van der Waals surface area (Å²) in [5.74, 6) is -3.15. The summed E-state index contributed by atoms with van der Waals surface area (Å²) in [6.07, 6.45) is 0. The molecule has 0 bridgehead atoms. The second kappa shape index (κ2) is 9.35. The van der Waals surface area contributed by atoms with Crippen LogP contribution in [0.2, 0.25) is 0 Å². The number of nitrogens with one attached hydrogen (secondary N) is 1. The minimum absolute atomic E-state index is 0.0715.